The van der Waals surface area contributed by atoms with Gasteiger partial charge in [-0.15, -0.1) is 12.4 Å². The molecular weight excluding hydrogens is 260 g/mol. The summed E-state index contributed by atoms with van der Waals surface area (Å²) in [6.45, 7) is 6.04. The Morgan fingerprint density at radius 2 is 1.68 bits per heavy atom. The van der Waals surface area contributed by atoms with Gasteiger partial charge < -0.3 is 10.6 Å². The molecule has 2 fully saturated rings. The molecule has 0 radical (unpaired) electrons. The number of carbonyl (C=O) groups excluding carboxylic acids is 1. The van der Waals surface area contributed by atoms with E-state index in [1.807, 2.05) is 0 Å². The summed E-state index contributed by atoms with van der Waals surface area (Å²) >= 11 is 0. The maximum Gasteiger partial charge on any atom is 0.223 e. The van der Waals surface area contributed by atoms with Crippen molar-refractivity contribution in [3.8, 4) is 0 Å². The van der Waals surface area contributed by atoms with Crippen molar-refractivity contribution < 1.29 is 4.79 Å². The molecule has 0 aliphatic heterocycles. The van der Waals surface area contributed by atoms with Gasteiger partial charge in [0.25, 0.3) is 0 Å². The van der Waals surface area contributed by atoms with E-state index in [0.717, 1.165) is 19.5 Å². The molecule has 0 bridgehead atoms. The van der Waals surface area contributed by atoms with E-state index < -0.39 is 0 Å². The first-order valence-electron chi connectivity index (χ1n) is 7.61. The van der Waals surface area contributed by atoms with Crippen LogP contribution in [0.3, 0.4) is 0 Å². The summed E-state index contributed by atoms with van der Waals surface area (Å²) in [5.41, 5.74) is 0.249. The highest BCUT2D eigenvalue weighted by atomic mass is 35.5. The van der Waals surface area contributed by atoms with Crippen LogP contribution in [0.4, 0.5) is 0 Å². The lowest BCUT2D eigenvalue weighted by Crippen LogP contribution is -2.37. The van der Waals surface area contributed by atoms with Crippen molar-refractivity contribution in [3.05, 3.63) is 0 Å². The average molecular weight is 289 g/mol. The second kappa shape index (κ2) is 7.49. The van der Waals surface area contributed by atoms with Crippen LogP contribution >= 0.6 is 12.4 Å². The minimum Gasteiger partial charge on any atom is -0.355 e. The molecule has 0 aromatic rings. The van der Waals surface area contributed by atoms with E-state index in [1.54, 1.807) is 0 Å². The predicted octanol–water partition coefficient (Wildman–Crippen LogP) is 2.88. The van der Waals surface area contributed by atoms with Gasteiger partial charge in [-0.1, -0.05) is 39.5 Å². The van der Waals surface area contributed by atoms with Crippen LogP contribution in [0.2, 0.25) is 0 Å². The van der Waals surface area contributed by atoms with Crippen molar-refractivity contribution in [3.63, 3.8) is 0 Å². The Labute approximate surface area is 123 Å². The first-order chi connectivity index (χ1) is 8.59. The number of halogens is 1. The van der Waals surface area contributed by atoms with Crippen molar-refractivity contribution in [2.24, 2.45) is 11.3 Å². The van der Waals surface area contributed by atoms with E-state index in [4.69, 9.17) is 0 Å². The van der Waals surface area contributed by atoms with Crippen LogP contribution in [-0.4, -0.2) is 25.0 Å². The lowest BCUT2D eigenvalue weighted by atomic mass is 10.1. The zero-order chi connectivity index (χ0) is 13.0. The normalized spacial score (nSPS) is 26.1. The van der Waals surface area contributed by atoms with Crippen LogP contribution in [0.25, 0.3) is 0 Å². The number of nitrogens with one attached hydrogen (secondary N) is 2. The van der Waals surface area contributed by atoms with E-state index in [0.29, 0.717) is 6.04 Å². The fourth-order valence-electron chi connectivity index (χ4n) is 2.98. The second-order valence-electron chi connectivity index (χ2n) is 6.68. The van der Waals surface area contributed by atoms with Gasteiger partial charge in [0.05, 0.1) is 0 Å². The van der Waals surface area contributed by atoms with Crippen LogP contribution in [0.1, 0.15) is 58.8 Å². The van der Waals surface area contributed by atoms with E-state index in [2.05, 4.69) is 24.5 Å². The molecule has 0 spiro atoms. The largest absolute Gasteiger partial charge is 0.355 e. The Morgan fingerprint density at radius 3 is 2.21 bits per heavy atom. The molecule has 1 amide bonds. The van der Waals surface area contributed by atoms with Gasteiger partial charge >= 0.3 is 0 Å². The molecule has 2 aliphatic rings. The number of carbonyl (C=O) groups is 1. The van der Waals surface area contributed by atoms with Crippen molar-refractivity contribution >= 4 is 18.3 Å². The highest BCUT2D eigenvalue weighted by Crippen LogP contribution is 2.51. The van der Waals surface area contributed by atoms with Crippen LogP contribution in [0, 0.1) is 11.3 Å². The predicted molar refractivity (Wildman–Crippen MR) is 81.6 cm³/mol. The number of hydrogen-bond donors (Lipinski definition) is 2. The lowest BCUT2D eigenvalue weighted by Gasteiger charge is -2.16. The summed E-state index contributed by atoms with van der Waals surface area (Å²) in [6, 6.07) is 0.682. The molecule has 1 unspecified atom stereocenters. The molecule has 2 N–H and O–H groups in total. The zero-order valence-corrected chi connectivity index (χ0v) is 13.2. The van der Waals surface area contributed by atoms with Gasteiger partial charge in [-0.3, -0.25) is 4.79 Å². The monoisotopic (exact) mass is 288 g/mol. The van der Waals surface area contributed by atoms with E-state index in [-0.39, 0.29) is 29.6 Å². The fourth-order valence-corrected chi connectivity index (χ4v) is 2.98. The summed E-state index contributed by atoms with van der Waals surface area (Å²) in [6.07, 6.45) is 9.18. The maximum absolute atomic E-state index is 11.8. The topological polar surface area (TPSA) is 41.1 Å². The Morgan fingerprint density at radius 1 is 1.11 bits per heavy atom. The first-order valence-corrected chi connectivity index (χ1v) is 7.61. The third kappa shape index (κ3) is 5.31. The molecule has 112 valence electrons. The quantitative estimate of drug-likeness (QED) is 0.603. The van der Waals surface area contributed by atoms with Gasteiger partial charge in [-0.05, 0) is 24.7 Å². The van der Waals surface area contributed by atoms with Gasteiger partial charge in [-0.25, -0.2) is 0 Å². The van der Waals surface area contributed by atoms with Gasteiger partial charge in [0.2, 0.25) is 5.91 Å². The summed E-state index contributed by atoms with van der Waals surface area (Å²) in [5, 5.41) is 6.64. The van der Waals surface area contributed by atoms with Crippen LogP contribution in [0.15, 0.2) is 0 Å². The molecule has 19 heavy (non-hydrogen) atoms. The van der Waals surface area contributed by atoms with Crippen molar-refractivity contribution in [1.29, 1.82) is 0 Å². The van der Waals surface area contributed by atoms with Crippen molar-refractivity contribution in [2.45, 2.75) is 64.8 Å². The summed E-state index contributed by atoms with van der Waals surface area (Å²) < 4.78 is 0. The smallest absolute Gasteiger partial charge is 0.223 e. The molecule has 0 aromatic carbocycles. The Bertz CT molecular complexity index is 286. The average Bonchev–Trinajstić information content (AvgIpc) is 3.03. The molecule has 2 saturated carbocycles. The van der Waals surface area contributed by atoms with Gasteiger partial charge in [0.15, 0.2) is 0 Å². The highest BCUT2D eigenvalue weighted by molar-refractivity contribution is 5.85. The lowest BCUT2D eigenvalue weighted by molar-refractivity contribution is -0.122. The van der Waals surface area contributed by atoms with Gasteiger partial charge in [0, 0.05) is 25.0 Å². The third-order valence-corrected chi connectivity index (χ3v) is 4.54. The first kappa shape index (κ1) is 16.8. The Kier molecular flexibility index (Phi) is 6.61. The molecule has 0 aromatic heterocycles. The highest BCUT2D eigenvalue weighted by Gasteiger charge is 2.50. The van der Waals surface area contributed by atoms with Gasteiger partial charge in [-0.2, -0.15) is 0 Å². The summed E-state index contributed by atoms with van der Waals surface area (Å²) in [7, 11) is 0. The van der Waals surface area contributed by atoms with E-state index in [1.165, 1.54) is 38.5 Å². The molecule has 0 heterocycles. The van der Waals surface area contributed by atoms with Gasteiger partial charge in [0.1, 0.15) is 0 Å². The molecule has 1 atom stereocenters. The van der Waals surface area contributed by atoms with Crippen LogP contribution in [0.5, 0.6) is 0 Å². The summed E-state index contributed by atoms with van der Waals surface area (Å²) in [5.74, 6) is 0.512. The SMILES string of the molecule is CC1(C)CC1C(=O)NCCNC1CCCCCC1.Cl. The second-order valence-corrected chi connectivity index (χ2v) is 6.68. The van der Waals surface area contributed by atoms with Crippen molar-refractivity contribution in [1.82, 2.24) is 10.6 Å². The number of amides is 1. The van der Waals surface area contributed by atoms with E-state index >= 15 is 0 Å². The Balaban J connectivity index is 0.00000180. The van der Waals surface area contributed by atoms with E-state index in [9.17, 15) is 4.79 Å². The molecule has 2 aliphatic carbocycles. The fraction of sp³-hybridized carbons (Fsp3) is 0.933. The minimum atomic E-state index is 0. The summed E-state index contributed by atoms with van der Waals surface area (Å²) in [4.78, 5) is 11.8. The van der Waals surface area contributed by atoms with Crippen molar-refractivity contribution in [2.75, 3.05) is 13.1 Å². The third-order valence-electron chi connectivity index (χ3n) is 4.54. The maximum atomic E-state index is 11.8. The number of rotatable bonds is 5. The molecule has 4 heteroatoms. The molecule has 3 nitrogen and oxygen atoms in total. The minimum absolute atomic E-state index is 0. The standard InChI is InChI=1S/C15H28N2O.ClH/c1-15(2)11-13(15)14(18)17-10-9-16-12-7-5-3-4-6-8-12;/h12-13,16H,3-11H2,1-2H3,(H,17,18);1H. The Hall–Kier alpha value is -0.280. The zero-order valence-electron chi connectivity index (χ0n) is 12.3. The number of hydrogen-bond acceptors (Lipinski definition) is 2. The molecule has 2 rings (SSSR count). The molecule has 0 saturated heterocycles. The molecular formula is C15H29ClN2O. The van der Waals surface area contributed by atoms with Crippen LogP contribution in [-0.2, 0) is 4.79 Å². The van der Waals surface area contributed by atoms with Crippen LogP contribution < -0.4 is 10.6 Å².